The van der Waals surface area contributed by atoms with Crippen molar-refractivity contribution in [3.8, 4) is 22.5 Å². The number of unbranched alkanes of at least 4 members (excludes halogenated alkanes) is 1. The van der Waals surface area contributed by atoms with Gasteiger partial charge >= 0.3 is 5.69 Å². The van der Waals surface area contributed by atoms with E-state index in [-0.39, 0.29) is 29.4 Å². The minimum absolute atomic E-state index is 0.0487. The first-order valence-corrected chi connectivity index (χ1v) is 13.6. The van der Waals surface area contributed by atoms with Gasteiger partial charge < -0.3 is 0 Å². The summed E-state index contributed by atoms with van der Waals surface area (Å²) in [5.74, 6) is 0.876. The summed E-state index contributed by atoms with van der Waals surface area (Å²) in [5, 5.41) is 14.3. The zero-order valence-corrected chi connectivity index (χ0v) is 22.3. The number of pyridine rings is 1. The molecule has 1 N–H and O–H groups in total. The Labute approximate surface area is 222 Å². The Hall–Kier alpha value is -3.88. The van der Waals surface area contributed by atoms with Gasteiger partial charge in [-0.25, -0.2) is 4.79 Å². The summed E-state index contributed by atoms with van der Waals surface area (Å²) in [5.41, 5.74) is 4.64. The number of carbonyl (C=O) groups is 1. The molecule has 1 aliphatic carbocycles. The van der Waals surface area contributed by atoms with Gasteiger partial charge in [-0.3, -0.25) is 18.9 Å². The van der Waals surface area contributed by atoms with Crippen molar-refractivity contribution in [2.75, 3.05) is 0 Å². The highest BCUT2D eigenvalue weighted by Crippen LogP contribution is 2.38. The van der Waals surface area contributed by atoms with Crippen molar-refractivity contribution >= 4 is 5.78 Å². The Kier molecular flexibility index (Phi) is 7.62. The van der Waals surface area contributed by atoms with E-state index in [2.05, 4.69) is 39.5 Å². The molecule has 0 spiro atoms. The van der Waals surface area contributed by atoms with Gasteiger partial charge in [0.05, 0.1) is 18.3 Å². The first-order chi connectivity index (χ1) is 18.5. The van der Waals surface area contributed by atoms with Crippen molar-refractivity contribution in [1.29, 1.82) is 0 Å². The molecule has 0 saturated heterocycles. The van der Waals surface area contributed by atoms with Gasteiger partial charge in [-0.1, -0.05) is 44.9 Å². The van der Waals surface area contributed by atoms with Crippen LogP contribution in [0, 0.1) is 11.8 Å². The summed E-state index contributed by atoms with van der Waals surface area (Å²) in [4.78, 5) is 31.0. The number of ketones is 1. The van der Waals surface area contributed by atoms with Crippen LogP contribution in [0.5, 0.6) is 0 Å². The van der Waals surface area contributed by atoms with Gasteiger partial charge in [0.1, 0.15) is 5.78 Å². The van der Waals surface area contributed by atoms with Crippen LogP contribution in [0.25, 0.3) is 22.5 Å². The topological polar surface area (TPSA) is 111 Å². The second kappa shape index (κ2) is 11.2. The maximum Gasteiger partial charge on any atom is 0.328 e. The zero-order valence-electron chi connectivity index (χ0n) is 22.3. The minimum atomic E-state index is -0.112. The lowest BCUT2D eigenvalue weighted by Gasteiger charge is -2.35. The predicted molar refractivity (Wildman–Crippen MR) is 145 cm³/mol. The number of aromatic nitrogens is 7. The second-order valence-electron chi connectivity index (χ2n) is 10.5. The predicted octanol–water partition coefficient (Wildman–Crippen LogP) is 4.85. The highest BCUT2D eigenvalue weighted by atomic mass is 16.2. The number of benzene rings is 1. The van der Waals surface area contributed by atoms with Gasteiger partial charge in [0.15, 0.2) is 0 Å². The number of nitrogens with one attached hydrogen (secondary N) is 1. The molecule has 9 heteroatoms. The summed E-state index contributed by atoms with van der Waals surface area (Å²) in [7, 11) is 0. The average molecular weight is 514 g/mol. The largest absolute Gasteiger partial charge is 0.328 e. The molecule has 1 aliphatic rings. The monoisotopic (exact) mass is 513 g/mol. The lowest BCUT2D eigenvalue weighted by molar-refractivity contribution is -0.123. The number of hydrogen-bond donors (Lipinski definition) is 1. The number of aromatic amines is 1. The highest BCUT2D eigenvalue weighted by Gasteiger charge is 2.36. The van der Waals surface area contributed by atoms with Crippen LogP contribution < -0.4 is 5.69 Å². The molecule has 198 valence electrons. The number of hydrogen-bond acceptors (Lipinski definition) is 6. The fraction of sp³-hybridized carbons (Fsp3) is 0.448. The minimum Gasteiger partial charge on any atom is -0.300 e. The fourth-order valence-corrected chi connectivity index (χ4v) is 5.83. The number of rotatable bonds is 9. The van der Waals surface area contributed by atoms with Crippen LogP contribution in [0.15, 0.2) is 53.6 Å². The van der Waals surface area contributed by atoms with Gasteiger partial charge in [-0.05, 0) is 73.1 Å². The number of tetrazole rings is 1. The van der Waals surface area contributed by atoms with Crippen molar-refractivity contribution in [1.82, 2.24) is 34.7 Å². The average Bonchev–Trinajstić information content (AvgIpc) is 3.57. The Morgan fingerprint density at radius 3 is 2.71 bits per heavy atom. The van der Waals surface area contributed by atoms with E-state index in [9.17, 15) is 9.59 Å². The molecule has 38 heavy (non-hydrogen) atoms. The molecule has 1 saturated carbocycles. The lowest BCUT2D eigenvalue weighted by Crippen LogP contribution is -2.39. The van der Waals surface area contributed by atoms with Crippen LogP contribution >= 0.6 is 0 Å². The van der Waals surface area contributed by atoms with Crippen LogP contribution in [-0.4, -0.2) is 40.5 Å². The lowest BCUT2D eigenvalue weighted by atomic mass is 9.76. The number of imidazole rings is 1. The molecular formula is C29H35N7O2. The van der Waals surface area contributed by atoms with E-state index in [1.165, 1.54) is 0 Å². The third-order valence-corrected chi connectivity index (χ3v) is 7.82. The quantitative estimate of drug-likeness (QED) is 0.342. The fourth-order valence-electron chi connectivity index (χ4n) is 5.83. The molecule has 1 fully saturated rings. The first kappa shape index (κ1) is 25.8. The first-order valence-electron chi connectivity index (χ1n) is 13.6. The molecule has 5 rings (SSSR count). The van der Waals surface area contributed by atoms with E-state index in [1.54, 1.807) is 13.1 Å². The van der Waals surface area contributed by atoms with Gasteiger partial charge in [-0.15, -0.1) is 10.2 Å². The summed E-state index contributed by atoms with van der Waals surface area (Å²) in [6.45, 7) is 6.37. The maximum absolute atomic E-state index is 13.9. The molecule has 0 radical (unpaired) electrons. The number of carbonyl (C=O) groups excluding carboxylic acids is 1. The molecule has 0 bridgehead atoms. The van der Waals surface area contributed by atoms with E-state index < -0.39 is 0 Å². The van der Waals surface area contributed by atoms with Gasteiger partial charge in [-0.2, -0.15) is 5.21 Å². The SMILES string of the molecule is CCCCc1cn(C2C(C)CCCC2C(C)=O)c(=O)n1Cc1cc(-c2cccc(-c3nn[nH]n3)c2)ccn1. The zero-order chi connectivity index (χ0) is 26.6. The number of nitrogens with zero attached hydrogens (tertiary/aromatic N) is 6. The highest BCUT2D eigenvalue weighted by molar-refractivity contribution is 5.79. The summed E-state index contributed by atoms with van der Waals surface area (Å²) >= 11 is 0. The van der Waals surface area contributed by atoms with Crippen molar-refractivity contribution in [3.05, 3.63) is 70.7 Å². The standard InChI is InChI=1S/C29H35N7O2/c1-4-5-11-25-18-36(27-19(2)8-6-12-26(27)20(3)37)29(38)35(25)17-24-16-22(13-14-30-24)21-9-7-10-23(15-21)28-31-33-34-32-28/h7,9-10,13-16,18-19,26-27H,4-6,8,11-12,17H2,1-3H3,(H,31,32,33,34). The van der Waals surface area contributed by atoms with Crippen molar-refractivity contribution in [2.45, 2.75) is 71.9 Å². The molecule has 0 aliphatic heterocycles. The van der Waals surface area contributed by atoms with E-state index in [0.29, 0.717) is 12.4 Å². The van der Waals surface area contributed by atoms with Crippen molar-refractivity contribution in [2.24, 2.45) is 11.8 Å². The van der Waals surface area contributed by atoms with Crippen LogP contribution in [0.3, 0.4) is 0 Å². The van der Waals surface area contributed by atoms with Crippen molar-refractivity contribution in [3.63, 3.8) is 0 Å². The van der Waals surface area contributed by atoms with Crippen LogP contribution in [-0.2, 0) is 17.8 Å². The van der Waals surface area contributed by atoms with Gasteiger partial charge in [0.2, 0.25) is 5.82 Å². The normalized spacial score (nSPS) is 19.5. The smallest absolute Gasteiger partial charge is 0.300 e. The molecular weight excluding hydrogens is 478 g/mol. The second-order valence-corrected chi connectivity index (χ2v) is 10.5. The van der Waals surface area contributed by atoms with Crippen LogP contribution in [0.2, 0.25) is 0 Å². The Bertz CT molecular complexity index is 1450. The summed E-state index contributed by atoms with van der Waals surface area (Å²) in [6, 6.07) is 11.9. The summed E-state index contributed by atoms with van der Waals surface area (Å²) in [6.07, 6.45) is 9.56. The molecule has 3 unspecified atom stereocenters. The Balaban J connectivity index is 1.49. The maximum atomic E-state index is 13.9. The van der Waals surface area contributed by atoms with Crippen molar-refractivity contribution < 1.29 is 4.79 Å². The van der Waals surface area contributed by atoms with Crippen LogP contribution in [0.1, 0.15) is 70.3 Å². The Morgan fingerprint density at radius 2 is 1.95 bits per heavy atom. The summed E-state index contributed by atoms with van der Waals surface area (Å²) < 4.78 is 3.72. The number of Topliss-reactive ketones (excluding diaryl/α,β-unsaturated/α-hetero) is 1. The molecule has 1 aromatic carbocycles. The van der Waals surface area contributed by atoms with E-state index in [0.717, 1.165) is 66.6 Å². The van der Waals surface area contributed by atoms with E-state index in [4.69, 9.17) is 0 Å². The Morgan fingerprint density at radius 1 is 1.13 bits per heavy atom. The molecule has 3 aromatic heterocycles. The molecule has 0 amide bonds. The van der Waals surface area contributed by atoms with Crippen LogP contribution in [0.4, 0.5) is 0 Å². The third-order valence-electron chi connectivity index (χ3n) is 7.82. The number of aryl methyl sites for hydroxylation is 1. The molecule has 4 aromatic rings. The number of H-pyrrole nitrogens is 1. The molecule has 9 nitrogen and oxygen atoms in total. The third kappa shape index (κ3) is 5.23. The van der Waals surface area contributed by atoms with Gasteiger partial charge in [0, 0.05) is 29.6 Å². The molecule has 3 heterocycles. The molecule has 3 atom stereocenters. The van der Waals surface area contributed by atoms with Gasteiger partial charge in [0.25, 0.3) is 0 Å². The van der Waals surface area contributed by atoms with E-state index >= 15 is 0 Å². The van der Waals surface area contributed by atoms with E-state index in [1.807, 2.05) is 51.7 Å².